The molecular formula is C13H15NO6. The molecular weight excluding hydrogens is 266 g/mol. The Hall–Kier alpha value is -2.70. The number of rotatable bonds is 6. The number of carboxylic acids is 1. The topological polar surface area (TPSA) is 105 Å². The summed E-state index contributed by atoms with van der Waals surface area (Å²) >= 11 is 0. The van der Waals surface area contributed by atoms with Crippen molar-refractivity contribution in [2.45, 2.75) is 0 Å². The lowest BCUT2D eigenvalue weighted by molar-refractivity contribution is -0.137. The first kappa shape index (κ1) is 15.4. The summed E-state index contributed by atoms with van der Waals surface area (Å²) in [6.45, 7) is -0.453. The molecule has 0 atom stereocenters. The third-order valence-corrected chi connectivity index (χ3v) is 2.34. The first-order valence-electron chi connectivity index (χ1n) is 5.60. The monoisotopic (exact) mass is 281 g/mol. The Morgan fingerprint density at radius 2 is 1.80 bits per heavy atom. The van der Waals surface area contributed by atoms with Crippen LogP contribution in [-0.4, -0.2) is 42.9 Å². The molecule has 7 nitrogen and oxygen atoms in total. The van der Waals surface area contributed by atoms with Crippen LogP contribution in [0.1, 0.15) is 5.56 Å². The van der Waals surface area contributed by atoms with E-state index in [1.807, 2.05) is 0 Å². The van der Waals surface area contributed by atoms with Crippen molar-refractivity contribution in [3.8, 4) is 17.2 Å². The minimum Gasteiger partial charge on any atom is -0.502 e. The van der Waals surface area contributed by atoms with Crippen molar-refractivity contribution in [2.24, 2.45) is 0 Å². The molecule has 20 heavy (non-hydrogen) atoms. The van der Waals surface area contributed by atoms with Gasteiger partial charge in [0.15, 0.2) is 11.5 Å². The number of phenolic OH excluding ortho intramolecular Hbond substituents is 1. The number of methoxy groups -OCH3 is 2. The summed E-state index contributed by atoms with van der Waals surface area (Å²) in [5.74, 6) is -1.40. The van der Waals surface area contributed by atoms with E-state index >= 15 is 0 Å². The number of carbonyl (C=O) groups is 2. The molecule has 0 aromatic heterocycles. The summed E-state index contributed by atoms with van der Waals surface area (Å²) < 4.78 is 9.94. The van der Waals surface area contributed by atoms with Crippen LogP contribution in [0.5, 0.6) is 17.2 Å². The van der Waals surface area contributed by atoms with Crippen LogP contribution in [0.25, 0.3) is 6.08 Å². The van der Waals surface area contributed by atoms with Crippen LogP contribution in [0.4, 0.5) is 0 Å². The number of carboxylic acid groups (broad SMARTS) is 1. The van der Waals surface area contributed by atoms with Crippen molar-refractivity contribution >= 4 is 18.0 Å². The Balaban J connectivity index is 2.86. The summed E-state index contributed by atoms with van der Waals surface area (Å²) in [5.41, 5.74) is 0.557. The molecule has 0 aliphatic heterocycles. The predicted octanol–water partition coefficient (Wildman–Crippen LogP) is 0.623. The standard InChI is InChI=1S/C13H15NO6/c1-19-9-5-8(6-10(20-2)13(9)18)3-4-11(15)14-7-12(16)17/h3-6,18H,7H2,1-2H3,(H,14,15)(H,16,17). The number of aromatic hydroxyl groups is 1. The summed E-state index contributed by atoms with van der Waals surface area (Å²) in [4.78, 5) is 21.6. The third-order valence-electron chi connectivity index (χ3n) is 2.34. The number of nitrogens with one attached hydrogen (secondary N) is 1. The zero-order chi connectivity index (χ0) is 15.1. The van der Waals surface area contributed by atoms with Crippen LogP contribution in [-0.2, 0) is 9.59 Å². The van der Waals surface area contributed by atoms with Gasteiger partial charge in [-0.05, 0) is 23.8 Å². The molecule has 0 bridgehead atoms. The van der Waals surface area contributed by atoms with Gasteiger partial charge in [-0.25, -0.2) is 0 Å². The van der Waals surface area contributed by atoms with Crippen LogP contribution in [0.2, 0.25) is 0 Å². The molecule has 0 fully saturated rings. The van der Waals surface area contributed by atoms with Gasteiger partial charge in [-0.1, -0.05) is 0 Å². The van der Waals surface area contributed by atoms with Gasteiger partial charge in [0.2, 0.25) is 11.7 Å². The quantitative estimate of drug-likeness (QED) is 0.660. The highest BCUT2D eigenvalue weighted by molar-refractivity contribution is 5.93. The van der Waals surface area contributed by atoms with E-state index in [2.05, 4.69) is 5.32 Å². The summed E-state index contributed by atoms with van der Waals surface area (Å²) in [5, 5.41) is 20.3. The fourth-order valence-corrected chi connectivity index (χ4v) is 1.40. The number of benzene rings is 1. The first-order valence-corrected chi connectivity index (χ1v) is 5.60. The van der Waals surface area contributed by atoms with Crippen molar-refractivity contribution in [1.29, 1.82) is 0 Å². The molecule has 0 radical (unpaired) electrons. The number of carbonyl (C=O) groups excluding carboxylic acids is 1. The lowest BCUT2D eigenvalue weighted by Crippen LogP contribution is -2.27. The zero-order valence-corrected chi connectivity index (χ0v) is 11.0. The van der Waals surface area contributed by atoms with Gasteiger partial charge in [0.1, 0.15) is 6.54 Å². The summed E-state index contributed by atoms with van der Waals surface area (Å²) in [7, 11) is 2.78. The first-order chi connectivity index (χ1) is 9.47. The third kappa shape index (κ3) is 4.20. The number of aliphatic carboxylic acids is 1. The van der Waals surface area contributed by atoms with E-state index in [1.165, 1.54) is 38.5 Å². The number of ether oxygens (including phenoxy) is 2. The molecule has 0 aliphatic carbocycles. The molecule has 0 spiro atoms. The van der Waals surface area contributed by atoms with E-state index < -0.39 is 18.4 Å². The number of hydrogen-bond acceptors (Lipinski definition) is 5. The fraction of sp³-hybridized carbons (Fsp3) is 0.231. The Morgan fingerprint density at radius 1 is 1.25 bits per heavy atom. The van der Waals surface area contributed by atoms with Gasteiger partial charge < -0.3 is 25.0 Å². The SMILES string of the molecule is COc1cc(C=CC(=O)NCC(=O)O)cc(OC)c1O. The molecule has 0 saturated heterocycles. The van der Waals surface area contributed by atoms with Gasteiger partial charge in [0, 0.05) is 6.08 Å². The molecule has 0 unspecified atom stereocenters. The second kappa shape index (κ2) is 7.03. The van der Waals surface area contributed by atoms with Crippen molar-refractivity contribution in [3.05, 3.63) is 23.8 Å². The van der Waals surface area contributed by atoms with E-state index in [9.17, 15) is 14.7 Å². The molecule has 1 aromatic carbocycles. The van der Waals surface area contributed by atoms with Gasteiger partial charge in [0.05, 0.1) is 14.2 Å². The predicted molar refractivity (Wildman–Crippen MR) is 70.9 cm³/mol. The van der Waals surface area contributed by atoms with E-state index in [4.69, 9.17) is 14.6 Å². The molecule has 0 heterocycles. The highest BCUT2D eigenvalue weighted by Gasteiger charge is 2.10. The number of amides is 1. The van der Waals surface area contributed by atoms with Crippen molar-refractivity contribution in [1.82, 2.24) is 5.32 Å². The fourth-order valence-electron chi connectivity index (χ4n) is 1.40. The van der Waals surface area contributed by atoms with Crippen LogP contribution >= 0.6 is 0 Å². The van der Waals surface area contributed by atoms with E-state index in [0.29, 0.717) is 5.56 Å². The minimum absolute atomic E-state index is 0.137. The molecule has 0 aliphatic rings. The molecule has 7 heteroatoms. The number of phenols is 1. The van der Waals surface area contributed by atoms with Gasteiger partial charge in [-0.3, -0.25) is 9.59 Å². The second-order valence-electron chi connectivity index (χ2n) is 3.72. The van der Waals surface area contributed by atoms with Crippen molar-refractivity contribution in [3.63, 3.8) is 0 Å². The van der Waals surface area contributed by atoms with Gasteiger partial charge in [0.25, 0.3) is 0 Å². The maximum atomic E-state index is 11.3. The minimum atomic E-state index is -1.13. The van der Waals surface area contributed by atoms with Gasteiger partial charge in [-0.2, -0.15) is 0 Å². The summed E-state index contributed by atoms with van der Waals surface area (Å²) in [6.07, 6.45) is 2.62. The Bertz CT molecular complexity index is 513. The second-order valence-corrected chi connectivity index (χ2v) is 3.72. The van der Waals surface area contributed by atoms with E-state index in [1.54, 1.807) is 0 Å². The highest BCUT2D eigenvalue weighted by Crippen LogP contribution is 2.37. The van der Waals surface area contributed by atoms with Gasteiger partial charge >= 0.3 is 5.97 Å². The maximum Gasteiger partial charge on any atom is 0.322 e. The lowest BCUT2D eigenvalue weighted by atomic mass is 10.1. The summed E-state index contributed by atoms with van der Waals surface area (Å²) in [6, 6.07) is 3.03. The van der Waals surface area contributed by atoms with Crippen LogP contribution in [0, 0.1) is 0 Å². The van der Waals surface area contributed by atoms with Crippen molar-refractivity contribution < 1.29 is 29.3 Å². The van der Waals surface area contributed by atoms with Crippen LogP contribution in [0.3, 0.4) is 0 Å². The van der Waals surface area contributed by atoms with Gasteiger partial charge in [-0.15, -0.1) is 0 Å². The average Bonchev–Trinajstić information content (AvgIpc) is 2.43. The Morgan fingerprint density at radius 3 is 2.25 bits per heavy atom. The largest absolute Gasteiger partial charge is 0.502 e. The lowest BCUT2D eigenvalue weighted by Gasteiger charge is -2.09. The van der Waals surface area contributed by atoms with Crippen LogP contribution in [0.15, 0.2) is 18.2 Å². The zero-order valence-electron chi connectivity index (χ0n) is 11.0. The van der Waals surface area contributed by atoms with Crippen molar-refractivity contribution in [2.75, 3.05) is 20.8 Å². The molecule has 1 aromatic rings. The highest BCUT2D eigenvalue weighted by atomic mass is 16.5. The molecule has 0 saturated carbocycles. The molecule has 1 amide bonds. The smallest absolute Gasteiger partial charge is 0.322 e. The van der Waals surface area contributed by atoms with E-state index in [0.717, 1.165) is 0 Å². The van der Waals surface area contributed by atoms with E-state index in [-0.39, 0.29) is 17.2 Å². The maximum absolute atomic E-state index is 11.3. The molecule has 1 rings (SSSR count). The molecule has 3 N–H and O–H groups in total. The van der Waals surface area contributed by atoms with Crippen LogP contribution < -0.4 is 14.8 Å². The average molecular weight is 281 g/mol. The number of hydrogen-bond donors (Lipinski definition) is 3. The Labute approximate surface area is 115 Å². The Kier molecular flexibility index (Phi) is 5.40. The normalized spacial score (nSPS) is 10.3. The molecule has 108 valence electrons.